The number of hydrogen-bond acceptors (Lipinski definition) is 1. The van der Waals surface area contributed by atoms with Crippen LogP contribution in [0.15, 0.2) is 30.3 Å². The molecule has 15 heavy (non-hydrogen) atoms. The summed E-state index contributed by atoms with van der Waals surface area (Å²) in [5, 5.41) is 3.56. The fourth-order valence-corrected chi connectivity index (χ4v) is 1.87. The highest BCUT2D eigenvalue weighted by Crippen LogP contribution is 2.18. The van der Waals surface area contributed by atoms with Crippen LogP contribution in [0.2, 0.25) is 0 Å². The summed E-state index contributed by atoms with van der Waals surface area (Å²) in [6.45, 7) is 1.22. The van der Waals surface area contributed by atoms with E-state index in [-0.39, 0.29) is 0 Å². The van der Waals surface area contributed by atoms with E-state index in [9.17, 15) is 0 Å². The molecule has 2 rings (SSSR count). The Kier molecular flexibility index (Phi) is 4.22. The van der Waals surface area contributed by atoms with Crippen LogP contribution in [0.1, 0.15) is 37.7 Å². The van der Waals surface area contributed by atoms with E-state index in [4.69, 9.17) is 0 Å². The number of hydrogen-bond donors (Lipinski definition) is 1. The van der Waals surface area contributed by atoms with Crippen molar-refractivity contribution in [1.82, 2.24) is 5.32 Å². The summed E-state index contributed by atoms with van der Waals surface area (Å²) >= 11 is 0. The summed E-state index contributed by atoms with van der Waals surface area (Å²) in [4.78, 5) is 0. The molecule has 0 heterocycles. The number of aryl methyl sites for hydroxylation is 1. The van der Waals surface area contributed by atoms with E-state index < -0.39 is 0 Å². The van der Waals surface area contributed by atoms with Gasteiger partial charge in [-0.3, -0.25) is 0 Å². The van der Waals surface area contributed by atoms with Crippen molar-refractivity contribution >= 4 is 0 Å². The van der Waals surface area contributed by atoms with Crippen molar-refractivity contribution in [2.75, 3.05) is 6.54 Å². The van der Waals surface area contributed by atoms with Crippen molar-refractivity contribution in [2.24, 2.45) is 0 Å². The van der Waals surface area contributed by atoms with Crippen molar-refractivity contribution in [3.05, 3.63) is 35.9 Å². The molecule has 82 valence electrons. The SMILES string of the molecule is c1ccc(CCCCCNC2CC2)cc1. The van der Waals surface area contributed by atoms with Crippen LogP contribution in [-0.2, 0) is 6.42 Å². The minimum absolute atomic E-state index is 0.874. The molecule has 1 N–H and O–H groups in total. The second kappa shape index (κ2) is 5.92. The summed E-state index contributed by atoms with van der Waals surface area (Å²) in [7, 11) is 0. The first-order chi connectivity index (χ1) is 7.45. The third kappa shape index (κ3) is 4.48. The van der Waals surface area contributed by atoms with Crippen LogP contribution >= 0.6 is 0 Å². The van der Waals surface area contributed by atoms with Crippen molar-refractivity contribution in [3.63, 3.8) is 0 Å². The molecule has 0 amide bonds. The lowest BCUT2D eigenvalue weighted by Crippen LogP contribution is -2.17. The third-order valence-corrected chi connectivity index (χ3v) is 3.00. The van der Waals surface area contributed by atoms with Gasteiger partial charge in [-0.2, -0.15) is 0 Å². The average Bonchev–Trinajstić information content (AvgIpc) is 3.09. The first-order valence-electron chi connectivity index (χ1n) is 6.22. The minimum Gasteiger partial charge on any atom is -0.314 e. The molecule has 1 nitrogen and oxygen atoms in total. The van der Waals surface area contributed by atoms with Crippen LogP contribution in [0.5, 0.6) is 0 Å². The van der Waals surface area contributed by atoms with Gasteiger partial charge in [-0.25, -0.2) is 0 Å². The Morgan fingerprint density at radius 1 is 1.00 bits per heavy atom. The Morgan fingerprint density at radius 3 is 2.53 bits per heavy atom. The maximum Gasteiger partial charge on any atom is 0.00682 e. The first-order valence-corrected chi connectivity index (χ1v) is 6.22. The molecule has 0 saturated heterocycles. The quantitative estimate of drug-likeness (QED) is 0.671. The molecule has 1 saturated carbocycles. The molecule has 1 aliphatic rings. The van der Waals surface area contributed by atoms with Gasteiger partial charge in [0.25, 0.3) is 0 Å². The zero-order valence-electron chi connectivity index (χ0n) is 9.41. The van der Waals surface area contributed by atoms with Gasteiger partial charge in [-0.15, -0.1) is 0 Å². The van der Waals surface area contributed by atoms with E-state index in [2.05, 4.69) is 35.6 Å². The lowest BCUT2D eigenvalue weighted by atomic mass is 10.1. The number of benzene rings is 1. The highest BCUT2D eigenvalue weighted by atomic mass is 14.9. The van der Waals surface area contributed by atoms with Crippen molar-refractivity contribution < 1.29 is 0 Å². The zero-order chi connectivity index (χ0) is 10.3. The molecular formula is C14H21N. The largest absolute Gasteiger partial charge is 0.314 e. The predicted octanol–water partition coefficient (Wildman–Crippen LogP) is 3.15. The Labute approximate surface area is 92.9 Å². The first kappa shape index (κ1) is 10.7. The van der Waals surface area contributed by atoms with Gasteiger partial charge in [-0.05, 0) is 44.2 Å². The van der Waals surface area contributed by atoms with E-state index in [0.29, 0.717) is 0 Å². The normalized spacial score (nSPS) is 15.5. The predicted molar refractivity (Wildman–Crippen MR) is 65.0 cm³/mol. The summed E-state index contributed by atoms with van der Waals surface area (Å²) < 4.78 is 0. The molecule has 1 fully saturated rings. The molecule has 0 bridgehead atoms. The van der Waals surface area contributed by atoms with Gasteiger partial charge in [0.1, 0.15) is 0 Å². The maximum absolute atomic E-state index is 3.56. The van der Waals surface area contributed by atoms with Gasteiger partial charge in [0.15, 0.2) is 0 Å². The Hall–Kier alpha value is -0.820. The van der Waals surface area contributed by atoms with Crippen LogP contribution < -0.4 is 5.32 Å². The van der Waals surface area contributed by atoms with Crippen molar-refractivity contribution in [1.29, 1.82) is 0 Å². The molecule has 1 aromatic rings. The monoisotopic (exact) mass is 203 g/mol. The van der Waals surface area contributed by atoms with Crippen LogP contribution in [-0.4, -0.2) is 12.6 Å². The molecule has 1 aromatic carbocycles. The van der Waals surface area contributed by atoms with Crippen LogP contribution in [0.25, 0.3) is 0 Å². The maximum atomic E-state index is 3.56. The van der Waals surface area contributed by atoms with E-state index in [1.807, 2.05) is 0 Å². The molecular weight excluding hydrogens is 182 g/mol. The van der Waals surface area contributed by atoms with Gasteiger partial charge >= 0.3 is 0 Å². The Bertz CT molecular complexity index is 264. The van der Waals surface area contributed by atoms with Gasteiger partial charge in [0.2, 0.25) is 0 Å². The zero-order valence-corrected chi connectivity index (χ0v) is 9.41. The fraction of sp³-hybridized carbons (Fsp3) is 0.571. The molecule has 0 aromatic heterocycles. The molecule has 0 atom stereocenters. The number of unbranched alkanes of at least 4 members (excludes halogenated alkanes) is 2. The summed E-state index contributed by atoms with van der Waals surface area (Å²) in [6.07, 6.45) is 8.08. The van der Waals surface area contributed by atoms with Crippen molar-refractivity contribution in [3.8, 4) is 0 Å². The summed E-state index contributed by atoms with van der Waals surface area (Å²) in [5.74, 6) is 0. The standard InChI is InChI=1S/C14H21N/c1-3-7-13(8-4-1)9-5-2-6-12-15-14-10-11-14/h1,3-4,7-8,14-15H,2,5-6,9-12H2. The van der Waals surface area contributed by atoms with Gasteiger partial charge in [0.05, 0.1) is 0 Å². The van der Waals surface area contributed by atoms with Gasteiger partial charge in [0, 0.05) is 6.04 Å². The van der Waals surface area contributed by atoms with Crippen LogP contribution in [0.4, 0.5) is 0 Å². The number of rotatable bonds is 7. The molecule has 1 aliphatic carbocycles. The van der Waals surface area contributed by atoms with Gasteiger partial charge in [-0.1, -0.05) is 36.8 Å². The van der Waals surface area contributed by atoms with E-state index in [1.165, 1.54) is 50.6 Å². The highest BCUT2D eigenvalue weighted by Gasteiger charge is 2.19. The van der Waals surface area contributed by atoms with Gasteiger partial charge < -0.3 is 5.32 Å². The second-order valence-electron chi connectivity index (χ2n) is 4.52. The lowest BCUT2D eigenvalue weighted by molar-refractivity contribution is 0.600. The Balaban J connectivity index is 1.47. The van der Waals surface area contributed by atoms with Crippen LogP contribution in [0, 0.1) is 0 Å². The smallest absolute Gasteiger partial charge is 0.00682 e. The van der Waals surface area contributed by atoms with E-state index in [0.717, 1.165) is 6.04 Å². The van der Waals surface area contributed by atoms with Crippen molar-refractivity contribution in [2.45, 2.75) is 44.6 Å². The molecule has 0 aliphatic heterocycles. The van der Waals surface area contributed by atoms with E-state index in [1.54, 1.807) is 0 Å². The number of nitrogens with one attached hydrogen (secondary N) is 1. The molecule has 0 spiro atoms. The lowest BCUT2D eigenvalue weighted by Gasteiger charge is -2.03. The van der Waals surface area contributed by atoms with E-state index >= 15 is 0 Å². The highest BCUT2D eigenvalue weighted by molar-refractivity contribution is 5.14. The minimum atomic E-state index is 0.874. The molecule has 0 radical (unpaired) electrons. The average molecular weight is 203 g/mol. The molecule has 0 unspecified atom stereocenters. The Morgan fingerprint density at radius 2 is 1.80 bits per heavy atom. The summed E-state index contributed by atoms with van der Waals surface area (Å²) in [6, 6.07) is 11.7. The molecule has 1 heteroatoms. The third-order valence-electron chi connectivity index (χ3n) is 3.00. The second-order valence-corrected chi connectivity index (χ2v) is 4.52. The summed E-state index contributed by atoms with van der Waals surface area (Å²) in [5.41, 5.74) is 1.48. The topological polar surface area (TPSA) is 12.0 Å². The van der Waals surface area contributed by atoms with Crippen LogP contribution in [0.3, 0.4) is 0 Å². The fourth-order valence-electron chi connectivity index (χ4n) is 1.87.